The van der Waals surface area contributed by atoms with Gasteiger partial charge in [0.25, 0.3) is 0 Å². The summed E-state index contributed by atoms with van der Waals surface area (Å²) in [6.45, 7) is 8.34. The summed E-state index contributed by atoms with van der Waals surface area (Å²) in [6.07, 6.45) is 0. The largest absolute Gasteiger partial charge is 0.494 e. The maximum atomic E-state index is 6.29. The maximum Gasteiger partial charge on any atom is 0.494 e. The van der Waals surface area contributed by atoms with Crippen molar-refractivity contribution in [3.05, 3.63) is 429 Å². The second-order valence-corrected chi connectivity index (χ2v) is 30.4. The van der Waals surface area contributed by atoms with Crippen molar-refractivity contribution in [1.82, 2.24) is 0 Å². The highest BCUT2D eigenvalue weighted by atomic mass is 79.9. The molecule has 18 aromatic rings. The Hall–Kier alpha value is -12.9. The van der Waals surface area contributed by atoms with Crippen LogP contribution >= 0.6 is 15.9 Å². The van der Waals surface area contributed by atoms with Crippen LogP contribution in [0.25, 0.3) is 121 Å². The van der Waals surface area contributed by atoms with Crippen molar-refractivity contribution in [2.75, 3.05) is 9.80 Å². The normalized spacial score (nSPS) is 12.7. The molecule has 0 N–H and O–H groups in total. The van der Waals surface area contributed by atoms with Crippen LogP contribution in [0.3, 0.4) is 0 Å². The molecule has 0 unspecified atom stereocenters. The van der Waals surface area contributed by atoms with Gasteiger partial charge in [-0.2, -0.15) is 0 Å². The standard InChI is InChI=1S/C50H35N.C36H34BNO2.C20H13Br/c1-3-11-36(12-4-1)39-23-29-44(30-24-39)51(45-31-25-40(26-32-45)37-13-5-2-6-14-37)46-33-27-41(28-34-46)47-17-9-20-50-48(18-10-19-49(47)50)43-22-21-38-15-7-8-16-42(38)35-43;1-35(2)36(3,4)40-37(39-35)31-19-25-34(26-20-31)38(32-21-15-29(16-22-32)27-11-7-5-8-12-27)33-23-17-30(18-24-33)28-13-9-6-10-14-28;21-20-10-4-8-18-17(7-3-9-19(18)20)16-12-11-14-5-1-2-6-15(14)13-16/h1-35H;5-26H,1-4H3;1-13H. The number of nitrogens with zero attached hydrogens (tertiary/aromatic N) is 2. The average Bonchev–Trinajstić information content (AvgIpc) is 0.939. The number of halogens is 1. The molecule has 0 saturated carbocycles. The quantitative estimate of drug-likeness (QED) is 0.101. The predicted octanol–water partition coefficient (Wildman–Crippen LogP) is 29.3. The molecule has 0 aromatic heterocycles. The first-order chi connectivity index (χ1) is 54.9. The molecule has 1 saturated heterocycles. The van der Waals surface area contributed by atoms with Crippen molar-refractivity contribution < 1.29 is 9.31 Å². The zero-order chi connectivity index (χ0) is 76.0. The van der Waals surface area contributed by atoms with Crippen molar-refractivity contribution in [1.29, 1.82) is 0 Å². The Bertz CT molecular complexity index is 6100. The second-order valence-electron chi connectivity index (χ2n) is 29.5. The molecule has 19 rings (SSSR count). The van der Waals surface area contributed by atoms with Gasteiger partial charge < -0.3 is 19.1 Å². The summed E-state index contributed by atoms with van der Waals surface area (Å²) in [7, 11) is -0.386. The van der Waals surface area contributed by atoms with E-state index in [1.54, 1.807) is 0 Å². The highest BCUT2D eigenvalue weighted by Gasteiger charge is 2.51. The topological polar surface area (TPSA) is 24.9 Å². The van der Waals surface area contributed by atoms with Crippen LogP contribution in [0.1, 0.15) is 27.7 Å². The Labute approximate surface area is 666 Å². The molecule has 0 atom stereocenters. The Morgan fingerprint density at radius 1 is 0.214 bits per heavy atom. The van der Waals surface area contributed by atoms with Crippen molar-refractivity contribution in [3.8, 4) is 77.9 Å². The van der Waals surface area contributed by atoms with E-state index in [1.807, 2.05) is 12.1 Å². The Morgan fingerprint density at radius 3 is 0.804 bits per heavy atom. The molecule has 0 aliphatic carbocycles. The number of rotatable bonds is 14. The van der Waals surface area contributed by atoms with Crippen molar-refractivity contribution in [3.63, 3.8) is 0 Å². The van der Waals surface area contributed by atoms with Crippen LogP contribution in [-0.4, -0.2) is 18.3 Å². The highest BCUT2D eigenvalue weighted by Crippen LogP contribution is 2.44. The minimum Gasteiger partial charge on any atom is -0.399 e. The van der Waals surface area contributed by atoms with Gasteiger partial charge in [-0.15, -0.1) is 0 Å². The van der Waals surface area contributed by atoms with Crippen molar-refractivity contribution in [2.45, 2.75) is 38.9 Å². The summed E-state index contributed by atoms with van der Waals surface area (Å²) in [6, 6.07) is 152. The van der Waals surface area contributed by atoms with Gasteiger partial charge in [-0.25, -0.2) is 0 Å². The Balaban J connectivity index is 0.000000132. The molecule has 0 bridgehead atoms. The van der Waals surface area contributed by atoms with E-state index in [0.29, 0.717) is 0 Å². The third-order valence-corrected chi connectivity index (χ3v) is 22.6. The maximum absolute atomic E-state index is 6.29. The first kappa shape index (κ1) is 72.0. The van der Waals surface area contributed by atoms with Gasteiger partial charge in [-0.1, -0.05) is 350 Å². The van der Waals surface area contributed by atoms with E-state index < -0.39 is 0 Å². The molecule has 6 heteroatoms. The number of hydrogen-bond acceptors (Lipinski definition) is 4. The number of anilines is 6. The summed E-state index contributed by atoms with van der Waals surface area (Å²) >= 11 is 3.64. The lowest BCUT2D eigenvalue weighted by atomic mass is 9.79. The van der Waals surface area contributed by atoms with Gasteiger partial charge >= 0.3 is 7.12 Å². The van der Waals surface area contributed by atoms with Crippen LogP contribution in [0.15, 0.2) is 429 Å². The fourth-order valence-corrected chi connectivity index (χ4v) is 15.7. The van der Waals surface area contributed by atoms with Gasteiger partial charge in [-0.3, -0.25) is 0 Å². The minimum atomic E-state index is -0.386. The molecule has 0 amide bonds. The smallest absolute Gasteiger partial charge is 0.399 e. The molecule has 1 aliphatic rings. The number of benzene rings is 18. The van der Waals surface area contributed by atoms with Gasteiger partial charge in [-0.05, 0) is 245 Å². The second kappa shape index (κ2) is 31.9. The van der Waals surface area contributed by atoms with Crippen LogP contribution in [0, 0.1) is 0 Å². The summed E-state index contributed by atoms with van der Waals surface area (Å²) in [5.41, 5.74) is 23.9. The lowest BCUT2D eigenvalue weighted by molar-refractivity contribution is 0.00578. The van der Waals surface area contributed by atoms with Crippen LogP contribution in [0.4, 0.5) is 34.1 Å². The molecule has 1 aliphatic heterocycles. The fraction of sp³-hybridized carbons (Fsp3) is 0.0566. The molecule has 4 nitrogen and oxygen atoms in total. The van der Waals surface area contributed by atoms with Crippen LogP contribution in [0.5, 0.6) is 0 Å². The summed E-state index contributed by atoms with van der Waals surface area (Å²) < 4.78 is 13.7. The Kier molecular flexibility index (Phi) is 20.5. The lowest BCUT2D eigenvalue weighted by Crippen LogP contribution is -2.41. The summed E-state index contributed by atoms with van der Waals surface area (Å²) in [4.78, 5) is 4.63. The van der Waals surface area contributed by atoms with Crippen LogP contribution in [-0.2, 0) is 9.31 Å². The van der Waals surface area contributed by atoms with Crippen molar-refractivity contribution in [2.24, 2.45) is 0 Å². The molecular weight excluding hydrogens is 1420 g/mol. The molecule has 0 spiro atoms. The van der Waals surface area contributed by atoms with E-state index in [4.69, 9.17) is 9.31 Å². The van der Waals surface area contributed by atoms with Gasteiger partial charge in [0.15, 0.2) is 0 Å². The average molecular weight is 1510 g/mol. The van der Waals surface area contributed by atoms with Gasteiger partial charge in [0.2, 0.25) is 0 Å². The molecular formula is C106H82BBrN2O2. The molecule has 538 valence electrons. The zero-order valence-corrected chi connectivity index (χ0v) is 64.7. The van der Waals surface area contributed by atoms with E-state index in [1.165, 1.54) is 121 Å². The first-order valence-electron chi connectivity index (χ1n) is 38.4. The number of hydrogen-bond donors (Lipinski definition) is 0. The van der Waals surface area contributed by atoms with Gasteiger partial charge in [0.1, 0.15) is 0 Å². The van der Waals surface area contributed by atoms with Crippen molar-refractivity contribution >= 4 is 106 Å². The van der Waals surface area contributed by atoms with E-state index in [9.17, 15) is 0 Å². The van der Waals surface area contributed by atoms with E-state index in [2.05, 4.69) is 466 Å². The predicted molar refractivity (Wildman–Crippen MR) is 480 cm³/mol. The third-order valence-electron chi connectivity index (χ3n) is 22.0. The SMILES string of the molecule is Brc1cccc2c(-c3ccc4ccccc4c3)cccc12.CC1(C)OB(c2ccc(N(c3ccc(-c4ccccc4)cc3)c3ccc(-c4ccccc4)cc3)cc2)OC1(C)C.c1ccc(-c2ccc(N(c3ccc(-c4ccccc4)cc3)c3ccc(-c4cccc5c(-c6ccc7ccccc7c6)cccc45)cc3)cc2)cc1. The molecule has 0 radical (unpaired) electrons. The molecule has 18 aromatic carbocycles. The number of fused-ring (bicyclic) bond motifs is 4. The molecule has 1 fully saturated rings. The van der Waals surface area contributed by atoms with E-state index >= 15 is 0 Å². The Morgan fingerprint density at radius 2 is 0.464 bits per heavy atom. The monoisotopic (exact) mass is 1500 g/mol. The summed E-state index contributed by atoms with van der Waals surface area (Å²) in [5, 5.41) is 10.1. The third kappa shape index (κ3) is 15.3. The van der Waals surface area contributed by atoms with E-state index in [-0.39, 0.29) is 18.3 Å². The van der Waals surface area contributed by atoms with E-state index in [0.717, 1.165) is 44.1 Å². The zero-order valence-electron chi connectivity index (χ0n) is 63.1. The summed E-state index contributed by atoms with van der Waals surface area (Å²) in [5.74, 6) is 0. The fourth-order valence-electron chi connectivity index (χ4n) is 15.2. The molecule has 112 heavy (non-hydrogen) atoms. The van der Waals surface area contributed by atoms with Crippen LogP contribution < -0.4 is 15.3 Å². The van der Waals surface area contributed by atoms with Crippen LogP contribution in [0.2, 0.25) is 0 Å². The first-order valence-corrected chi connectivity index (χ1v) is 39.2. The van der Waals surface area contributed by atoms with Gasteiger partial charge in [0, 0.05) is 38.6 Å². The van der Waals surface area contributed by atoms with Gasteiger partial charge in [0.05, 0.1) is 11.2 Å². The highest BCUT2D eigenvalue weighted by molar-refractivity contribution is 9.10. The lowest BCUT2D eigenvalue weighted by Gasteiger charge is -2.32. The molecule has 1 heterocycles. The minimum absolute atomic E-state index is 0.372.